The smallest absolute Gasteiger partial charge is 0.192 e. The van der Waals surface area contributed by atoms with Crippen molar-refractivity contribution in [1.82, 2.24) is 4.98 Å². The van der Waals surface area contributed by atoms with Gasteiger partial charge in [0.15, 0.2) is 11.5 Å². The number of hydrogen-bond donors (Lipinski definition) is 2. The van der Waals surface area contributed by atoms with E-state index in [9.17, 15) is 0 Å². The minimum atomic E-state index is 0.0920. The molecule has 0 aliphatic carbocycles. The predicted molar refractivity (Wildman–Crippen MR) is 69.5 cm³/mol. The highest BCUT2D eigenvalue weighted by Gasteiger charge is 2.36. The quantitative estimate of drug-likeness (QED) is 0.857. The molecule has 0 atom stereocenters. The van der Waals surface area contributed by atoms with Gasteiger partial charge in [-0.1, -0.05) is 0 Å². The molecule has 5 nitrogen and oxygen atoms in total. The zero-order chi connectivity index (χ0) is 12.6. The van der Waals surface area contributed by atoms with Crippen LogP contribution < -0.4 is 11.1 Å². The summed E-state index contributed by atoms with van der Waals surface area (Å²) >= 11 is 0. The molecule has 1 aromatic heterocycles. The zero-order valence-corrected chi connectivity index (χ0v) is 10.4. The standard InChI is InChI=1S/C13H17N3O2/c1-9-16-11-4-10(2-3-12(11)18-9)15-6-13(5-14)7-17-8-13/h2-4,15H,5-8,14H2,1H3. The van der Waals surface area contributed by atoms with E-state index < -0.39 is 0 Å². The molecule has 2 heterocycles. The summed E-state index contributed by atoms with van der Waals surface area (Å²) in [4.78, 5) is 4.32. The number of fused-ring (bicyclic) bond motifs is 1. The molecule has 0 unspecified atom stereocenters. The van der Waals surface area contributed by atoms with Gasteiger partial charge in [-0.25, -0.2) is 4.98 Å². The maximum absolute atomic E-state index is 5.78. The molecule has 1 fully saturated rings. The van der Waals surface area contributed by atoms with E-state index in [1.54, 1.807) is 0 Å². The van der Waals surface area contributed by atoms with Crippen molar-refractivity contribution >= 4 is 16.8 Å². The monoisotopic (exact) mass is 247 g/mol. The van der Waals surface area contributed by atoms with Gasteiger partial charge in [0.05, 0.1) is 13.2 Å². The lowest BCUT2D eigenvalue weighted by atomic mass is 9.86. The van der Waals surface area contributed by atoms with Gasteiger partial charge in [-0.2, -0.15) is 0 Å². The topological polar surface area (TPSA) is 73.3 Å². The predicted octanol–water partition coefficient (Wildman–Crippen LogP) is 1.52. The molecule has 3 N–H and O–H groups in total. The van der Waals surface area contributed by atoms with E-state index in [0.29, 0.717) is 12.4 Å². The molecule has 1 aliphatic heterocycles. The van der Waals surface area contributed by atoms with Crippen LogP contribution in [-0.2, 0) is 4.74 Å². The molecule has 5 heteroatoms. The summed E-state index contributed by atoms with van der Waals surface area (Å²) in [5, 5.41) is 3.40. The maximum atomic E-state index is 5.78. The van der Waals surface area contributed by atoms with E-state index >= 15 is 0 Å². The third kappa shape index (κ3) is 1.95. The third-order valence-corrected chi connectivity index (χ3v) is 3.41. The van der Waals surface area contributed by atoms with E-state index in [-0.39, 0.29) is 5.41 Å². The highest BCUT2D eigenvalue weighted by molar-refractivity contribution is 5.77. The van der Waals surface area contributed by atoms with Gasteiger partial charge in [-0.15, -0.1) is 0 Å². The lowest BCUT2D eigenvalue weighted by Crippen LogP contribution is -2.52. The zero-order valence-electron chi connectivity index (χ0n) is 10.4. The van der Waals surface area contributed by atoms with Gasteiger partial charge in [-0.3, -0.25) is 0 Å². The molecule has 18 heavy (non-hydrogen) atoms. The summed E-state index contributed by atoms with van der Waals surface area (Å²) in [5.74, 6) is 0.688. The average Bonchev–Trinajstić information content (AvgIpc) is 2.67. The molecular weight excluding hydrogens is 230 g/mol. The number of aryl methyl sites for hydroxylation is 1. The van der Waals surface area contributed by atoms with Crippen molar-refractivity contribution < 1.29 is 9.15 Å². The van der Waals surface area contributed by atoms with E-state index in [2.05, 4.69) is 10.3 Å². The van der Waals surface area contributed by atoms with Crippen molar-refractivity contribution in [3.63, 3.8) is 0 Å². The van der Waals surface area contributed by atoms with Crippen molar-refractivity contribution in [2.45, 2.75) is 6.92 Å². The van der Waals surface area contributed by atoms with Gasteiger partial charge < -0.3 is 20.2 Å². The van der Waals surface area contributed by atoms with Crippen LogP contribution in [0.3, 0.4) is 0 Å². The van der Waals surface area contributed by atoms with Crippen LogP contribution in [0.2, 0.25) is 0 Å². The van der Waals surface area contributed by atoms with E-state index in [4.69, 9.17) is 14.9 Å². The number of ether oxygens (including phenoxy) is 1. The number of benzene rings is 1. The number of nitrogens with two attached hydrogens (primary N) is 1. The molecule has 0 bridgehead atoms. The number of nitrogens with zero attached hydrogens (tertiary/aromatic N) is 1. The summed E-state index contributed by atoms with van der Waals surface area (Å²) < 4.78 is 10.7. The van der Waals surface area contributed by atoms with E-state index in [0.717, 1.165) is 36.5 Å². The van der Waals surface area contributed by atoms with Crippen LogP contribution in [0.15, 0.2) is 22.6 Å². The molecule has 0 spiro atoms. The van der Waals surface area contributed by atoms with Gasteiger partial charge in [-0.05, 0) is 18.2 Å². The third-order valence-electron chi connectivity index (χ3n) is 3.41. The van der Waals surface area contributed by atoms with Crippen LogP contribution >= 0.6 is 0 Å². The normalized spacial score (nSPS) is 17.7. The minimum Gasteiger partial charge on any atom is -0.441 e. The maximum Gasteiger partial charge on any atom is 0.192 e. The largest absolute Gasteiger partial charge is 0.441 e. The number of hydrogen-bond acceptors (Lipinski definition) is 5. The molecule has 0 radical (unpaired) electrons. The van der Waals surface area contributed by atoms with Crippen LogP contribution in [0.5, 0.6) is 0 Å². The molecule has 0 amide bonds. The van der Waals surface area contributed by atoms with Crippen LogP contribution in [-0.4, -0.2) is 31.3 Å². The second-order valence-corrected chi connectivity index (χ2v) is 4.97. The molecule has 0 saturated carbocycles. The van der Waals surface area contributed by atoms with E-state index in [1.807, 2.05) is 25.1 Å². The molecule has 1 saturated heterocycles. The van der Waals surface area contributed by atoms with E-state index in [1.165, 1.54) is 0 Å². The Labute approximate surface area is 105 Å². The van der Waals surface area contributed by atoms with Crippen molar-refractivity contribution in [2.24, 2.45) is 11.1 Å². The van der Waals surface area contributed by atoms with Gasteiger partial charge in [0.1, 0.15) is 5.52 Å². The molecule has 1 aliphatic rings. The number of rotatable bonds is 4. The van der Waals surface area contributed by atoms with Crippen molar-refractivity contribution in [3.05, 3.63) is 24.1 Å². The Morgan fingerprint density at radius 1 is 1.44 bits per heavy atom. The van der Waals surface area contributed by atoms with Gasteiger partial charge >= 0.3 is 0 Å². The summed E-state index contributed by atoms with van der Waals surface area (Å²) in [7, 11) is 0. The molecule has 2 aromatic rings. The van der Waals surface area contributed by atoms with Crippen LogP contribution in [0.4, 0.5) is 5.69 Å². The Kier molecular flexibility index (Phi) is 2.72. The first-order valence-electron chi connectivity index (χ1n) is 6.10. The Hall–Kier alpha value is -1.59. The minimum absolute atomic E-state index is 0.0920. The lowest BCUT2D eigenvalue weighted by molar-refractivity contribution is -0.0979. The van der Waals surface area contributed by atoms with Gasteiger partial charge in [0.25, 0.3) is 0 Å². The van der Waals surface area contributed by atoms with Gasteiger partial charge in [0.2, 0.25) is 0 Å². The first-order valence-corrected chi connectivity index (χ1v) is 6.10. The number of oxazole rings is 1. The summed E-state index contributed by atoms with van der Waals surface area (Å²) in [6.45, 7) is 4.79. The van der Waals surface area contributed by atoms with Crippen molar-refractivity contribution in [3.8, 4) is 0 Å². The van der Waals surface area contributed by atoms with Crippen molar-refractivity contribution in [2.75, 3.05) is 31.6 Å². The summed E-state index contributed by atoms with van der Waals surface area (Å²) in [6, 6.07) is 5.93. The molecule has 96 valence electrons. The summed E-state index contributed by atoms with van der Waals surface area (Å²) in [5.41, 5.74) is 8.61. The van der Waals surface area contributed by atoms with Crippen molar-refractivity contribution in [1.29, 1.82) is 0 Å². The Morgan fingerprint density at radius 3 is 2.94 bits per heavy atom. The fourth-order valence-electron chi connectivity index (χ4n) is 2.12. The molecule has 1 aromatic carbocycles. The SMILES string of the molecule is Cc1nc2cc(NCC3(CN)COC3)ccc2o1. The first kappa shape index (κ1) is 11.5. The molecular formula is C13H17N3O2. The van der Waals surface area contributed by atoms with Crippen LogP contribution in [0, 0.1) is 12.3 Å². The summed E-state index contributed by atoms with van der Waals surface area (Å²) in [6.07, 6.45) is 0. The Balaban J connectivity index is 1.74. The Morgan fingerprint density at radius 2 is 2.28 bits per heavy atom. The first-order chi connectivity index (χ1) is 8.71. The fraction of sp³-hybridized carbons (Fsp3) is 0.462. The second kappa shape index (κ2) is 4.26. The highest BCUT2D eigenvalue weighted by atomic mass is 16.5. The average molecular weight is 247 g/mol. The van der Waals surface area contributed by atoms with Crippen LogP contribution in [0.1, 0.15) is 5.89 Å². The number of anilines is 1. The lowest BCUT2D eigenvalue weighted by Gasteiger charge is -2.40. The Bertz CT molecular complexity index is 555. The van der Waals surface area contributed by atoms with Gasteiger partial charge in [0, 0.05) is 31.1 Å². The number of aromatic nitrogens is 1. The highest BCUT2D eigenvalue weighted by Crippen LogP contribution is 2.27. The molecule has 3 rings (SSSR count). The number of nitrogens with one attached hydrogen (secondary N) is 1. The van der Waals surface area contributed by atoms with Crippen LogP contribution in [0.25, 0.3) is 11.1 Å². The second-order valence-electron chi connectivity index (χ2n) is 4.97. The fourth-order valence-corrected chi connectivity index (χ4v) is 2.12.